The summed E-state index contributed by atoms with van der Waals surface area (Å²) in [6, 6.07) is 14.1. The smallest absolute Gasteiger partial charge is 0.394 e. The van der Waals surface area contributed by atoms with Gasteiger partial charge in [0.25, 0.3) is 0 Å². The molecule has 0 aliphatic carbocycles. The number of amides is 1. The van der Waals surface area contributed by atoms with Crippen LogP contribution in [0.2, 0.25) is 0 Å². The van der Waals surface area contributed by atoms with Crippen molar-refractivity contribution >= 4 is 22.6 Å². The maximum atomic E-state index is 10.8. The Morgan fingerprint density at radius 1 is 1.06 bits per heavy atom. The van der Waals surface area contributed by atoms with Gasteiger partial charge in [-0.2, -0.15) is 0 Å². The zero-order valence-electron chi connectivity index (χ0n) is 9.72. The minimum absolute atomic E-state index is 0.323. The Morgan fingerprint density at radius 3 is 2.50 bits per heavy atom. The molecule has 18 heavy (non-hydrogen) atoms. The lowest BCUT2D eigenvalue weighted by atomic mass is 10.1. The SMILES string of the molecule is O=C(O)C(=O)NCCc1ccc2ccccc2c1. The fourth-order valence-electron chi connectivity index (χ4n) is 1.79. The molecule has 0 heterocycles. The van der Waals surface area contributed by atoms with Crippen molar-refractivity contribution in [1.82, 2.24) is 5.32 Å². The number of carboxylic acids is 1. The van der Waals surface area contributed by atoms with Crippen LogP contribution < -0.4 is 5.32 Å². The predicted molar refractivity (Wildman–Crippen MR) is 68.3 cm³/mol. The summed E-state index contributed by atoms with van der Waals surface area (Å²) in [4.78, 5) is 21.1. The number of aliphatic carboxylic acids is 1. The Bertz CT molecular complexity index is 592. The van der Waals surface area contributed by atoms with Crippen LogP contribution >= 0.6 is 0 Å². The highest BCUT2D eigenvalue weighted by Gasteiger charge is 2.09. The number of carbonyl (C=O) groups excluding carboxylic acids is 1. The van der Waals surface area contributed by atoms with E-state index < -0.39 is 11.9 Å². The molecule has 4 nitrogen and oxygen atoms in total. The Morgan fingerprint density at radius 2 is 1.78 bits per heavy atom. The molecule has 0 bridgehead atoms. The third-order valence-electron chi connectivity index (χ3n) is 2.71. The number of nitrogens with one attached hydrogen (secondary N) is 1. The second-order valence-corrected chi connectivity index (χ2v) is 3.99. The van der Waals surface area contributed by atoms with Crippen molar-refractivity contribution in [3.05, 3.63) is 48.0 Å². The Kier molecular flexibility index (Phi) is 3.57. The molecule has 0 atom stereocenters. The van der Waals surface area contributed by atoms with E-state index in [0.29, 0.717) is 13.0 Å². The van der Waals surface area contributed by atoms with E-state index in [1.807, 2.05) is 42.5 Å². The van der Waals surface area contributed by atoms with E-state index in [9.17, 15) is 9.59 Å². The number of hydrogen-bond acceptors (Lipinski definition) is 2. The van der Waals surface area contributed by atoms with E-state index in [2.05, 4.69) is 5.32 Å². The third-order valence-corrected chi connectivity index (χ3v) is 2.71. The highest BCUT2D eigenvalue weighted by molar-refractivity contribution is 6.31. The van der Waals surface area contributed by atoms with Gasteiger partial charge < -0.3 is 10.4 Å². The van der Waals surface area contributed by atoms with Crippen molar-refractivity contribution in [3.8, 4) is 0 Å². The summed E-state index contributed by atoms with van der Waals surface area (Å²) in [5.41, 5.74) is 1.07. The van der Waals surface area contributed by atoms with Crippen LogP contribution in [-0.2, 0) is 16.0 Å². The van der Waals surface area contributed by atoms with Gasteiger partial charge in [0.15, 0.2) is 0 Å². The maximum absolute atomic E-state index is 10.8. The lowest BCUT2D eigenvalue weighted by molar-refractivity contribution is -0.150. The van der Waals surface area contributed by atoms with E-state index in [1.165, 1.54) is 0 Å². The number of rotatable bonds is 3. The summed E-state index contributed by atoms with van der Waals surface area (Å²) in [7, 11) is 0. The number of fused-ring (bicyclic) bond motifs is 1. The van der Waals surface area contributed by atoms with Crippen LogP contribution in [-0.4, -0.2) is 23.5 Å². The third kappa shape index (κ3) is 2.85. The fraction of sp³-hybridized carbons (Fsp3) is 0.143. The zero-order chi connectivity index (χ0) is 13.0. The number of carboxylic acid groups (broad SMARTS) is 1. The summed E-state index contributed by atoms with van der Waals surface area (Å²) < 4.78 is 0. The molecule has 92 valence electrons. The summed E-state index contributed by atoms with van der Waals surface area (Å²) in [5.74, 6) is -2.41. The van der Waals surface area contributed by atoms with E-state index in [-0.39, 0.29) is 0 Å². The lowest BCUT2D eigenvalue weighted by Gasteiger charge is -2.04. The van der Waals surface area contributed by atoms with Gasteiger partial charge in [-0.3, -0.25) is 4.79 Å². The van der Waals surface area contributed by atoms with Crippen molar-refractivity contribution < 1.29 is 14.7 Å². The first-order chi connectivity index (χ1) is 8.66. The molecule has 0 radical (unpaired) electrons. The van der Waals surface area contributed by atoms with Crippen LogP contribution in [0.3, 0.4) is 0 Å². The molecule has 2 N–H and O–H groups in total. The Hall–Kier alpha value is -2.36. The lowest BCUT2D eigenvalue weighted by Crippen LogP contribution is -2.32. The molecule has 0 unspecified atom stereocenters. The van der Waals surface area contributed by atoms with Crippen LogP contribution in [0.15, 0.2) is 42.5 Å². The number of carbonyl (C=O) groups is 2. The summed E-state index contributed by atoms with van der Waals surface area (Å²) >= 11 is 0. The second-order valence-electron chi connectivity index (χ2n) is 3.99. The molecule has 0 fully saturated rings. The molecule has 2 rings (SSSR count). The summed E-state index contributed by atoms with van der Waals surface area (Å²) in [5, 5.41) is 13.0. The van der Waals surface area contributed by atoms with Crippen molar-refractivity contribution in [2.45, 2.75) is 6.42 Å². The summed E-state index contributed by atoms with van der Waals surface area (Å²) in [6.45, 7) is 0.323. The Labute approximate surface area is 104 Å². The molecule has 2 aromatic rings. The molecule has 0 saturated heterocycles. The van der Waals surface area contributed by atoms with E-state index in [1.54, 1.807) is 0 Å². The molecule has 0 aliphatic rings. The largest absolute Gasteiger partial charge is 0.474 e. The molecule has 0 spiro atoms. The van der Waals surface area contributed by atoms with Crippen LogP contribution in [0.25, 0.3) is 10.8 Å². The van der Waals surface area contributed by atoms with E-state index >= 15 is 0 Å². The highest BCUT2D eigenvalue weighted by Crippen LogP contribution is 2.15. The minimum atomic E-state index is -1.45. The first kappa shape index (κ1) is 12.1. The first-order valence-corrected chi connectivity index (χ1v) is 5.65. The minimum Gasteiger partial charge on any atom is -0.474 e. The average molecular weight is 243 g/mol. The van der Waals surface area contributed by atoms with E-state index in [0.717, 1.165) is 16.3 Å². The molecule has 0 aliphatic heterocycles. The van der Waals surface area contributed by atoms with Gasteiger partial charge in [-0.1, -0.05) is 42.5 Å². The molecule has 0 saturated carbocycles. The van der Waals surface area contributed by atoms with Crippen LogP contribution in [0, 0.1) is 0 Å². The molecule has 4 heteroatoms. The first-order valence-electron chi connectivity index (χ1n) is 5.65. The molecule has 1 amide bonds. The molecular formula is C14H13NO3. The predicted octanol–water partition coefficient (Wildman–Crippen LogP) is 1.58. The quantitative estimate of drug-likeness (QED) is 0.804. The van der Waals surface area contributed by atoms with Crippen LogP contribution in [0.5, 0.6) is 0 Å². The van der Waals surface area contributed by atoms with Gasteiger partial charge in [-0.15, -0.1) is 0 Å². The molecule has 0 aromatic heterocycles. The summed E-state index contributed by atoms with van der Waals surface area (Å²) in [6.07, 6.45) is 0.615. The molecular weight excluding hydrogens is 230 g/mol. The number of benzene rings is 2. The zero-order valence-corrected chi connectivity index (χ0v) is 9.72. The van der Waals surface area contributed by atoms with Gasteiger partial charge in [-0.25, -0.2) is 4.79 Å². The molecule has 2 aromatic carbocycles. The van der Waals surface area contributed by atoms with Gasteiger partial charge >= 0.3 is 11.9 Å². The van der Waals surface area contributed by atoms with Gasteiger partial charge in [0.05, 0.1) is 0 Å². The fourth-order valence-corrected chi connectivity index (χ4v) is 1.79. The standard InChI is InChI=1S/C14H13NO3/c16-13(14(17)18)15-8-7-10-5-6-11-3-1-2-4-12(11)9-10/h1-6,9H,7-8H2,(H,15,16)(H,17,18). The van der Waals surface area contributed by atoms with E-state index in [4.69, 9.17) is 5.11 Å². The average Bonchev–Trinajstić information content (AvgIpc) is 2.38. The topological polar surface area (TPSA) is 66.4 Å². The maximum Gasteiger partial charge on any atom is 0.394 e. The van der Waals surface area contributed by atoms with Gasteiger partial charge in [0.1, 0.15) is 0 Å². The van der Waals surface area contributed by atoms with Crippen molar-refractivity contribution in [2.24, 2.45) is 0 Å². The van der Waals surface area contributed by atoms with Crippen molar-refractivity contribution in [2.75, 3.05) is 6.54 Å². The van der Waals surface area contributed by atoms with Crippen LogP contribution in [0.1, 0.15) is 5.56 Å². The number of hydrogen-bond donors (Lipinski definition) is 2. The van der Waals surface area contributed by atoms with Crippen molar-refractivity contribution in [3.63, 3.8) is 0 Å². The highest BCUT2D eigenvalue weighted by atomic mass is 16.4. The second kappa shape index (κ2) is 5.31. The van der Waals surface area contributed by atoms with Crippen LogP contribution in [0.4, 0.5) is 0 Å². The Balaban J connectivity index is 2.00. The van der Waals surface area contributed by atoms with Gasteiger partial charge in [0.2, 0.25) is 0 Å². The monoisotopic (exact) mass is 243 g/mol. The normalized spacial score (nSPS) is 10.2. The van der Waals surface area contributed by atoms with Crippen molar-refractivity contribution in [1.29, 1.82) is 0 Å². The van der Waals surface area contributed by atoms with Gasteiger partial charge in [-0.05, 0) is 22.8 Å². The van der Waals surface area contributed by atoms with Gasteiger partial charge in [0, 0.05) is 6.54 Å².